The van der Waals surface area contributed by atoms with Crippen LogP contribution in [-0.4, -0.2) is 30.8 Å². The zero-order valence-corrected chi connectivity index (χ0v) is 18.3. The maximum Gasteiger partial charge on any atom is 0.258 e. The second-order valence-corrected chi connectivity index (χ2v) is 8.44. The van der Waals surface area contributed by atoms with E-state index in [1.807, 2.05) is 20.8 Å². The first kappa shape index (κ1) is 21.4. The lowest BCUT2D eigenvalue weighted by molar-refractivity contribution is 0.0950. The summed E-state index contributed by atoms with van der Waals surface area (Å²) < 4.78 is 20.0. The molecule has 0 saturated heterocycles. The minimum atomic E-state index is -0.318. The van der Waals surface area contributed by atoms with Crippen molar-refractivity contribution in [2.45, 2.75) is 39.7 Å². The number of halogens is 1. The van der Waals surface area contributed by atoms with Crippen LogP contribution in [-0.2, 0) is 12.0 Å². The predicted molar refractivity (Wildman–Crippen MR) is 116 cm³/mol. The van der Waals surface area contributed by atoms with Gasteiger partial charge >= 0.3 is 0 Å². The molecule has 0 radical (unpaired) electrons. The van der Waals surface area contributed by atoms with E-state index in [-0.39, 0.29) is 23.7 Å². The smallest absolute Gasteiger partial charge is 0.258 e. The maximum atomic E-state index is 13.0. The van der Waals surface area contributed by atoms with Gasteiger partial charge in [-0.05, 0) is 36.8 Å². The van der Waals surface area contributed by atoms with Gasteiger partial charge in [0.1, 0.15) is 5.82 Å². The number of aromatic nitrogens is 5. The van der Waals surface area contributed by atoms with E-state index in [1.54, 1.807) is 42.1 Å². The average Bonchev–Trinajstić information content (AvgIpc) is 3.40. The van der Waals surface area contributed by atoms with Crippen LogP contribution < -0.4 is 5.32 Å². The Kier molecular flexibility index (Phi) is 5.56. The molecule has 0 spiro atoms. The normalized spacial score (nSPS) is 11.5. The van der Waals surface area contributed by atoms with Gasteiger partial charge in [0.2, 0.25) is 0 Å². The Morgan fingerprint density at radius 1 is 1.19 bits per heavy atom. The number of carbonyl (C=O) groups excluding carboxylic acids is 1. The van der Waals surface area contributed by atoms with Crippen molar-refractivity contribution >= 4 is 5.91 Å². The third-order valence-corrected chi connectivity index (χ3v) is 4.93. The summed E-state index contributed by atoms with van der Waals surface area (Å²) in [5, 5.41) is 11.2. The zero-order chi connectivity index (χ0) is 22.9. The van der Waals surface area contributed by atoms with Crippen LogP contribution in [0.4, 0.5) is 4.39 Å². The molecule has 0 saturated carbocycles. The predicted octanol–water partition coefficient (Wildman–Crippen LogP) is 3.99. The summed E-state index contributed by atoms with van der Waals surface area (Å²) in [7, 11) is 0. The first-order chi connectivity index (χ1) is 15.2. The van der Waals surface area contributed by atoms with Crippen molar-refractivity contribution in [1.82, 2.24) is 30.2 Å². The number of hydrogen-bond donors (Lipinski definition) is 1. The molecule has 0 unspecified atom stereocenters. The largest absolute Gasteiger partial charge is 0.348 e. The Hall–Kier alpha value is -3.88. The van der Waals surface area contributed by atoms with E-state index in [0.29, 0.717) is 34.4 Å². The number of benzene rings is 1. The third-order valence-electron chi connectivity index (χ3n) is 4.93. The van der Waals surface area contributed by atoms with Gasteiger partial charge in [0.25, 0.3) is 11.8 Å². The van der Waals surface area contributed by atoms with Gasteiger partial charge in [-0.2, -0.15) is 10.1 Å². The molecule has 9 heteroatoms. The lowest BCUT2D eigenvalue weighted by Gasteiger charge is -2.10. The molecule has 1 aromatic carbocycles. The molecule has 1 amide bonds. The Morgan fingerprint density at radius 2 is 1.94 bits per heavy atom. The van der Waals surface area contributed by atoms with Crippen LogP contribution in [0.1, 0.15) is 48.2 Å². The van der Waals surface area contributed by atoms with Gasteiger partial charge in [0, 0.05) is 23.7 Å². The summed E-state index contributed by atoms with van der Waals surface area (Å²) in [4.78, 5) is 21.5. The number of nitrogens with zero attached hydrogens (tertiary/aromatic N) is 5. The first-order valence-corrected chi connectivity index (χ1v) is 10.1. The van der Waals surface area contributed by atoms with E-state index in [0.717, 1.165) is 5.56 Å². The summed E-state index contributed by atoms with van der Waals surface area (Å²) >= 11 is 0. The minimum absolute atomic E-state index is 0.230. The molecule has 4 aromatic rings. The van der Waals surface area contributed by atoms with Crippen molar-refractivity contribution in [2.24, 2.45) is 0 Å². The Morgan fingerprint density at radius 3 is 2.62 bits per heavy atom. The van der Waals surface area contributed by atoms with Crippen LogP contribution in [0.15, 0.2) is 53.3 Å². The second-order valence-electron chi connectivity index (χ2n) is 8.44. The number of pyridine rings is 1. The Bertz CT molecular complexity index is 1250. The highest BCUT2D eigenvalue weighted by molar-refractivity contribution is 5.95. The molecule has 0 aliphatic heterocycles. The molecule has 1 N–H and O–H groups in total. The lowest BCUT2D eigenvalue weighted by atomic mass is 9.96. The van der Waals surface area contributed by atoms with E-state index in [1.165, 1.54) is 18.3 Å². The number of nitrogens with one attached hydrogen (secondary N) is 1. The van der Waals surface area contributed by atoms with Crippen LogP contribution in [0.3, 0.4) is 0 Å². The number of carbonyl (C=O) groups is 1. The standard InChI is InChI=1S/C23H23FN6O2/c1-14-18(20(31)26-12-15-5-7-17(24)8-6-15)13-27-30(14)19-11-16(9-10-25-19)21-28-22(29-32-21)23(2,3)4/h5-11,13H,12H2,1-4H3,(H,26,31). The molecule has 3 heterocycles. The van der Waals surface area contributed by atoms with E-state index < -0.39 is 0 Å². The molecule has 3 aromatic heterocycles. The second kappa shape index (κ2) is 8.33. The van der Waals surface area contributed by atoms with Gasteiger partial charge in [-0.1, -0.05) is 38.1 Å². The van der Waals surface area contributed by atoms with Crippen LogP contribution in [0.25, 0.3) is 17.3 Å². The summed E-state index contributed by atoms with van der Waals surface area (Å²) in [6.45, 7) is 8.10. The summed E-state index contributed by atoms with van der Waals surface area (Å²) in [5.74, 6) is 0.929. The van der Waals surface area contributed by atoms with Crippen molar-refractivity contribution in [3.8, 4) is 17.3 Å². The molecular formula is C23H23FN6O2. The number of hydrogen-bond acceptors (Lipinski definition) is 6. The molecule has 0 aliphatic rings. The summed E-state index contributed by atoms with van der Waals surface area (Å²) in [5.41, 5.74) is 2.33. The van der Waals surface area contributed by atoms with E-state index >= 15 is 0 Å². The SMILES string of the molecule is Cc1c(C(=O)NCc2ccc(F)cc2)cnn1-c1cc(-c2nc(C(C)(C)C)no2)ccn1. The average molecular weight is 434 g/mol. The molecule has 164 valence electrons. The Labute approximate surface area is 184 Å². The zero-order valence-electron chi connectivity index (χ0n) is 18.3. The van der Waals surface area contributed by atoms with Crippen LogP contribution >= 0.6 is 0 Å². The van der Waals surface area contributed by atoms with Crippen LogP contribution in [0.5, 0.6) is 0 Å². The van der Waals surface area contributed by atoms with Crippen molar-refractivity contribution in [2.75, 3.05) is 0 Å². The molecule has 32 heavy (non-hydrogen) atoms. The van der Waals surface area contributed by atoms with Gasteiger partial charge in [-0.25, -0.2) is 14.1 Å². The topological polar surface area (TPSA) is 98.7 Å². The molecule has 4 rings (SSSR count). The van der Waals surface area contributed by atoms with Crippen LogP contribution in [0.2, 0.25) is 0 Å². The van der Waals surface area contributed by atoms with Crippen molar-refractivity contribution in [3.63, 3.8) is 0 Å². The van der Waals surface area contributed by atoms with Gasteiger partial charge in [-0.3, -0.25) is 4.79 Å². The van der Waals surface area contributed by atoms with Crippen molar-refractivity contribution < 1.29 is 13.7 Å². The monoisotopic (exact) mass is 434 g/mol. The summed E-state index contributed by atoms with van der Waals surface area (Å²) in [6.07, 6.45) is 3.12. The van der Waals surface area contributed by atoms with Gasteiger partial charge < -0.3 is 9.84 Å². The Balaban J connectivity index is 1.54. The highest BCUT2D eigenvalue weighted by atomic mass is 19.1. The van der Waals surface area contributed by atoms with Gasteiger partial charge in [0.05, 0.1) is 17.5 Å². The number of rotatable bonds is 5. The van der Waals surface area contributed by atoms with E-state index in [2.05, 4.69) is 25.5 Å². The van der Waals surface area contributed by atoms with Crippen LogP contribution in [0, 0.1) is 12.7 Å². The minimum Gasteiger partial charge on any atom is -0.348 e. The molecule has 8 nitrogen and oxygen atoms in total. The molecule has 0 aliphatic carbocycles. The van der Waals surface area contributed by atoms with E-state index in [9.17, 15) is 9.18 Å². The lowest BCUT2D eigenvalue weighted by Crippen LogP contribution is -2.23. The van der Waals surface area contributed by atoms with Crippen molar-refractivity contribution in [3.05, 3.63) is 77.3 Å². The van der Waals surface area contributed by atoms with E-state index in [4.69, 9.17) is 4.52 Å². The van der Waals surface area contributed by atoms with Gasteiger partial charge in [0.15, 0.2) is 11.6 Å². The first-order valence-electron chi connectivity index (χ1n) is 10.1. The molecule has 0 atom stereocenters. The number of amides is 1. The highest BCUT2D eigenvalue weighted by Gasteiger charge is 2.22. The fourth-order valence-corrected chi connectivity index (χ4v) is 3.06. The molecule has 0 bridgehead atoms. The third kappa shape index (κ3) is 4.41. The maximum absolute atomic E-state index is 13.0. The van der Waals surface area contributed by atoms with Crippen molar-refractivity contribution in [1.29, 1.82) is 0 Å². The molecule has 0 fully saturated rings. The van der Waals surface area contributed by atoms with Gasteiger partial charge in [-0.15, -0.1) is 0 Å². The fourth-order valence-electron chi connectivity index (χ4n) is 3.06. The highest BCUT2D eigenvalue weighted by Crippen LogP contribution is 2.24. The quantitative estimate of drug-likeness (QED) is 0.510. The summed E-state index contributed by atoms with van der Waals surface area (Å²) in [6, 6.07) is 9.53. The fraction of sp³-hybridized carbons (Fsp3) is 0.261. The molecular weight excluding hydrogens is 411 g/mol.